The number of rotatable bonds is 11. The minimum absolute atomic E-state index is 0.126. The molecule has 204 valence electrons. The third-order valence-electron chi connectivity index (χ3n) is 8.18. The highest BCUT2D eigenvalue weighted by atomic mass is 35.5. The Labute approximate surface area is 228 Å². The number of hydrogen-bond donors (Lipinski definition) is 2. The fraction of sp³-hybridized carbons (Fsp3) is 0.643. The highest BCUT2D eigenvalue weighted by Gasteiger charge is 2.41. The summed E-state index contributed by atoms with van der Waals surface area (Å²) in [6.07, 6.45) is 9.74. The molecule has 37 heavy (non-hydrogen) atoms. The van der Waals surface area contributed by atoms with E-state index in [0.29, 0.717) is 41.5 Å². The first-order valence-corrected chi connectivity index (χ1v) is 14.9. The lowest BCUT2D eigenvalue weighted by Gasteiger charge is -2.40. The summed E-state index contributed by atoms with van der Waals surface area (Å²) in [6.45, 7) is 2.56. The van der Waals surface area contributed by atoms with Gasteiger partial charge in [-0.3, -0.25) is 15.0 Å². The van der Waals surface area contributed by atoms with Gasteiger partial charge in [-0.1, -0.05) is 30.9 Å². The van der Waals surface area contributed by atoms with Crippen LogP contribution in [0.15, 0.2) is 24.4 Å². The van der Waals surface area contributed by atoms with Crippen molar-refractivity contribution in [3.63, 3.8) is 0 Å². The first-order valence-electron chi connectivity index (χ1n) is 13.5. The molecule has 9 heteroatoms. The van der Waals surface area contributed by atoms with Gasteiger partial charge in [0.1, 0.15) is 11.9 Å². The molecule has 2 heterocycles. The number of thioether (sulfide) groups is 1. The van der Waals surface area contributed by atoms with Gasteiger partial charge in [0.15, 0.2) is 0 Å². The van der Waals surface area contributed by atoms with Crippen LogP contribution in [0.4, 0.5) is 4.39 Å². The monoisotopic (exact) mass is 551 g/mol. The highest BCUT2D eigenvalue weighted by Crippen LogP contribution is 2.42. The smallest absolute Gasteiger partial charge is 0.249 e. The van der Waals surface area contributed by atoms with Gasteiger partial charge < -0.3 is 9.64 Å². The number of ether oxygens (including phenoxy) is 1. The van der Waals surface area contributed by atoms with Crippen LogP contribution in [0.3, 0.4) is 0 Å². The summed E-state index contributed by atoms with van der Waals surface area (Å²) >= 11 is 8.52. The Balaban J connectivity index is 1.34. The quantitative estimate of drug-likeness (QED) is 0.183. The van der Waals surface area contributed by atoms with Crippen LogP contribution in [-0.2, 0) is 4.79 Å². The van der Waals surface area contributed by atoms with E-state index in [1.165, 1.54) is 44.1 Å². The molecule has 4 rings (SSSR count). The number of carbonyl (C=O) groups is 1. The number of hydroxylamine groups is 1. The van der Waals surface area contributed by atoms with Crippen molar-refractivity contribution in [2.24, 2.45) is 5.41 Å². The first kappa shape index (κ1) is 28.4. The van der Waals surface area contributed by atoms with Crippen LogP contribution in [0.25, 0.3) is 10.9 Å². The molecule has 1 aromatic heterocycles. The van der Waals surface area contributed by atoms with E-state index in [9.17, 15) is 10.0 Å². The molecule has 0 spiro atoms. The predicted molar refractivity (Wildman–Crippen MR) is 148 cm³/mol. The summed E-state index contributed by atoms with van der Waals surface area (Å²) in [5.41, 5.74) is 2.08. The molecule has 1 atom stereocenters. The molecule has 2 aliphatic rings. The minimum Gasteiger partial charge on any atom is -0.497 e. The van der Waals surface area contributed by atoms with Gasteiger partial charge in [-0.15, -0.1) is 0 Å². The van der Waals surface area contributed by atoms with Gasteiger partial charge in [0.05, 0.1) is 23.1 Å². The van der Waals surface area contributed by atoms with Crippen molar-refractivity contribution in [1.29, 1.82) is 0 Å². The van der Waals surface area contributed by atoms with E-state index < -0.39 is 17.5 Å². The molecular weight excluding hydrogens is 513 g/mol. The molecule has 0 radical (unpaired) electrons. The summed E-state index contributed by atoms with van der Waals surface area (Å²) in [7, 11) is 1.56. The van der Waals surface area contributed by atoms with Crippen LogP contribution in [0.5, 0.6) is 5.75 Å². The van der Waals surface area contributed by atoms with E-state index in [4.69, 9.17) is 16.3 Å². The Kier molecular flexibility index (Phi) is 10.3. The molecule has 1 aromatic carbocycles. The summed E-state index contributed by atoms with van der Waals surface area (Å²) in [5.74, 6) is 1.36. The molecule has 1 saturated heterocycles. The largest absolute Gasteiger partial charge is 0.497 e. The maximum atomic E-state index is 15.7. The van der Waals surface area contributed by atoms with Gasteiger partial charge in [-0.05, 0) is 88.5 Å². The number of amides is 1. The van der Waals surface area contributed by atoms with E-state index in [0.717, 1.165) is 31.3 Å². The van der Waals surface area contributed by atoms with Crippen molar-refractivity contribution in [2.75, 3.05) is 32.5 Å². The second-order valence-electron chi connectivity index (χ2n) is 10.5. The maximum Gasteiger partial charge on any atom is 0.249 e. The Morgan fingerprint density at radius 3 is 2.78 bits per heavy atom. The zero-order valence-corrected chi connectivity index (χ0v) is 23.3. The first-order chi connectivity index (χ1) is 18.0. The second kappa shape index (κ2) is 13.5. The SMILES string of the molecule is COc1ccc2ncc(Cl)c(C(F)CCC3(C(=O)NO)CCN(CCCSC4CCCCC4)CC3)c2c1. The van der Waals surface area contributed by atoms with Crippen molar-refractivity contribution in [3.8, 4) is 5.75 Å². The van der Waals surface area contributed by atoms with Gasteiger partial charge in [0.2, 0.25) is 5.91 Å². The van der Waals surface area contributed by atoms with Crippen LogP contribution in [0, 0.1) is 5.41 Å². The average Bonchev–Trinajstić information content (AvgIpc) is 2.94. The summed E-state index contributed by atoms with van der Waals surface area (Å²) in [5, 5.41) is 11.2. The van der Waals surface area contributed by atoms with Crippen LogP contribution in [0.2, 0.25) is 5.02 Å². The molecule has 1 saturated carbocycles. The topological polar surface area (TPSA) is 74.7 Å². The fourth-order valence-electron chi connectivity index (χ4n) is 5.84. The fourth-order valence-corrected chi connectivity index (χ4v) is 7.41. The molecule has 1 unspecified atom stereocenters. The molecule has 0 bridgehead atoms. The molecule has 1 amide bonds. The normalized spacial score (nSPS) is 19.6. The number of nitrogens with zero attached hydrogens (tertiary/aromatic N) is 2. The van der Waals surface area contributed by atoms with Crippen molar-refractivity contribution in [3.05, 3.63) is 35.0 Å². The van der Waals surface area contributed by atoms with E-state index in [2.05, 4.69) is 21.6 Å². The van der Waals surface area contributed by atoms with Gasteiger partial charge in [-0.2, -0.15) is 11.8 Å². The number of methoxy groups -OCH3 is 1. The number of pyridine rings is 1. The average molecular weight is 552 g/mol. The summed E-state index contributed by atoms with van der Waals surface area (Å²) in [4.78, 5) is 19.5. The van der Waals surface area contributed by atoms with Crippen molar-refractivity contribution >= 4 is 40.2 Å². The molecule has 2 fully saturated rings. The standard InChI is InChI=1S/C28H39ClFN3O3S/c1-36-20-8-9-25-22(18-20)26(23(29)19-31-25)24(30)10-11-28(27(34)32-35)12-15-33(16-13-28)14-5-17-37-21-6-3-2-4-7-21/h8-9,18-19,21,24,35H,2-7,10-17H2,1H3,(H,32,34). The van der Waals surface area contributed by atoms with E-state index in [-0.39, 0.29) is 11.4 Å². The van der Waals surface area contributed by atoms with Gasteiger partial charge in [0.25, 0.3) is 0 Å². The number of halogens is 2. The second-order valence-corrected chi connectivity index (χ2v) is 12.3. The Morgan fingerprint density at radius 2 is 2.08 bits per heavy atom. The molecular formula is C28H39ClFN3O3S. The highest BCUT2D eigenvalue weighted by molar-refractivity contribution is 7.99. The summed E-state index contributed by atoms with van der Waals surface area (Å²) in [6, 6.07) is 5.31. The maximum absolute atomic E-state index is 15.7. The van der Waals surface area contributed by atoms with Crippen molar-refractivity contribution < 1.29 is 19.1 Å². The number of piperidine rings is 1. The summed E-state index contributed by atoms with van der Waals surface area (Å²) < 4.78 is 21.0. The van der Waals surface area contributed by atoms with Crippen LogP contribution < -0.4 is 10.2 Å². The Morgan fingerprint density at radius 1 is 1.32 bits per heavy atom. The number of fused-ring (bicyclic) bond motifs is 1. The van der Waals surface area contributed by atoms with E-state index >= 15 is 4.39 Å². The van der Waals surface area contributed by atoms with Gasteiger partial charge >= 0.3 is 0 Å². The number of carbonyl (C=O) groups excluding carboxylic acids is 1. The lowest BCUT2D eigenvalue weighted by molar-refractivity contribution is -0.143. The third kappa shape index (κ3) is 7.08. The molecule has 1 aliphatic carbocycles. The number of benzene rings is 1. The Bertz CT molecular complexity index is 1040. The van der Waals surface area contributed by atoms with E-state index in [1.54, 1.807) is 25.3 Å². The third-order valence-corrected chi connectivity index (χ3v) is 9.95. The predicted octanol–water partition coefficient (Wildman–Crippen LogP) is 6.73. The lowest BCUT2D eigenvalue weighted by atomic mass is 9.73. The number of aromatic nitrogens is 1. The zero-order chi connectivity index (χ0) is 26.3. The number of hydrogen-bond acceptors (Lipinski definition) is 6. The number of nitrogens with one attached hydrogen (secondary N) is 1. The molecule has 6 nitrogen and oxygen atoms in total. The van der Waals surface area contributed by atoms with Gasteiger partial charge in [0, 0.05) is 22.4 Å². The zero-order valence-electron chi connectivity index (χ0n) is 21.7. The van der Waals surface area contributed by atoms with Gasteiger partial charge in [-0.25, -0.2) is 9.87 Å². The van der Waals surface area contributed by atoms with Crippen molar-refractivity contribution in [1.82, 2.24) is 15.4 Å². The molecule has 1 aliphatic heterocycles. The number of likely N-dealkylation sites (tertiary alicyclic amines) is 1. The van der Waals surface area contributed by atoms with Crippen LogP contribution in [-0.4, -0.2) is 58.7 Å². The number of alkyl halides is 1. The van der Waals surface area contributed by atoms with E-state index in [1.807, 2.05) is 5.48 Å². The molecule has 2 N–H and O–H groups in total. The minimum atomic E-state index is -1.37. The van der Waals surface area contributed by atoms with Crippen LogP contribution in [0.1, 0.15) is 75.9 Å². The van der Waals surface area contributed by atoms with Crippen LogP contribution >= 0.6 is 23.4 Å². The molecule has 2 aromatic rings. The Hall–Kier alpha value is -1.61. The lowest BCUT2D eigenvalue weighted by Crippen LogP contribution is -2.48. The van der Waals surface area contributed by atoms with Crippen molar-refractivity contribution in [2.45, 2.75) is 75.6 Å².